The minimum absolute atomic E-state index is 0.162. The Balaban J connectivity index is 1.63. The summed E-state index contributed by atoms with van der Waals surface area (Å²) in [6, 6.07) is 1.30. The zero-order valence-electron chi connectivity index (χ0n) is 12.0. The summed E-state index contributed by atoms with van der Waals surface area (Å²) >= 11 is 0. The number of amides is 1. The molecule has 1 amide bonds. The Morgan fingerprint density at radius 3 is 2.58 bits per heavy atom. The lowest BCUT2D eigenvalue weighted by atomic mass is 9.89. The first-order valence-corrected chi connectivity index (χ1v) is 9.01. The largest absolute Gasteiger partial charge is 0.356 e. The normalized spacial score (nSPS) is 32.8. The summed E-state index contributed by atoms with van der Waals surface area (Å²) in [7, 11) is -0.792. The molecule has 0 aromatic heterocycles. The maximum atomic E-state index is 11.9. The number of rotatable bonds is 6. The summed E-state index contributed by atoms with van der Waals surface area (Å²) in [6.07, 6.45) is 8.05. The first-order valence-electron chi connectivity index (χ1n) is 7.39. The highest BCUT2D eigenvalue weighted by Crippen LogP contribution is 2.32. The van der Waals surface area contributed by atoms with Gasteiger partial charge in [0.05, 0.1) is 0 Å². The first-order chi connectivity index (χ1) is 9.04. The van der Waals surface area contributed by atoms with Gasteiger partial charge in [-0.1, -0.05) is 6.92 Å². The second-order valence-corrected chi connectivity index (χ2v) is 7.93. The van der Waals surface area contributed by atoms with Gasteiger partial charge in [0, 0.05) is 47.4 Å². The summed E-state index contributed by atoms with van der Waals surface area (Å²) in [5.41, 5.74) is 0. The Morgan fingerprint density at radius 2 is 2.00 bits per heavy atom. The van der Waals surface area contributed by atoms with Gasteiger partial charge in [-0.2, -0.15) is 0 Å². The average Bonchev–Trinajstić information content (AvgIpc) is 2.68. The number of hydrogen-bond acceptors (Lipinski definition) is 3. The van der Waals surface area contributed by atoms with Gasteiger partial charge in [-0.3, -0.25) is 9.00 Å². The van der Waals surface area contributed by atoms with Crippen LogP contribution in [0.25, 0.3) is 0 Å². The van der Waals surface area contributed by atoms with Crippen LogP contribution in [0.5, 0.6) is 0 Å². The van der Waals surface area contributed by atoms with Gasteiger partial charge in [0.2, 0.25) is 5.91 Å². The monoisotopic (exact) mass is 286 g/mol. The molecule has 4 atom stereocenters. The fourth-order valence-electron chi connectivity index (χ4n) is 3.26. The van der Waals surface area contributed by atoms with Crippen LogP contribution in [0.4, 0.5) is 0 Å². The number of hydrogen-bond donors (Lipinski definition) is 2. The van der Waals surface area contributed by atoms with E-state index in [1.165, 1.54) is 12.8 Å². The molecule has 2 saturated heterocycles. The molecule has 0 aromatic rings. The fourth-order valence-corrected chi connectivity index (χ4v) is 3.71. The highest BCUT2D eigenvalue weighted by Gasteiger charge is 2.34. The van der Waals surface area contributed by atoms with Crippen molar-refractivity contribution < 1.29 is 9.00 Å². The summed E-state index contributed by atoms with van der Waals surface area (Å²) in [6.45, 7) is 2.62. The van der Waals surface area contributed by atoms with Crippen LogP contribution in [-0.2, 0) is 15.6 Å². The summed E-state index contributed by atoms with van der Waals surface area (Å²) in [5.74, 6) is 0.719. The van der Waals surface area contributed by atoms with Crippen LogP contribution >= 0.6 is 0 Å². The molecule has 2 N–H and O–H groups in total. The molecule has 0 spiro atoms. The van der Waals surface area contributed by atoms with E-state index in [2.05, 4.69) is 10.6 Å². The van der Waals surface area contributed by atoms with Gasteiger partial charge in [0.25, 0.3) is 0 Å². The molecule has 2 bridgehead atoms. The van der Waals surface area contributed by atoms with E-state index in [0.717, 1.165) is 19.3 Å². The molecule has 2 rings (SSSR count). The maximum Gasteiger partial charge on any atom is 0.220 e. The predicted molar refractivity (Wildman–Crippen MR) is 78.4 cm³/mol. The highest BCUT2D eigenvalue weighted by atomic mass is 32.2. The zero-order valence-corrected chi connectivity index (χ0v) is 12.8. The molecule has 0 aromatic carbocycles. The zero-order chi connectivity index (χ0) is 13.8. The molecular weight excluding hydrogens is 260 g/mol. The number of carbonyl (C=O) groups excluding carboxylic acids is 1. The molecule has 0 aliphatic carbocycles. The van der Waals surface area contributed by atoms with Crippen LogP contribution in [0.1, 0.15) is 45.4 Å². The Bertz CT molecular complexity index is 336. The molecule has 4 unspecified atom stereocenters. The standard InChI is InChI=1S/C14H26N2O2S/c1-10(19(2)18)5-6-15-14(17)9-11-7-12-3-4-13(8-11)16-12/h10-13,16H,3-9H2,1-2H3,(H,15,17). The fraction of sp³-hybridized carbons (Fsp3) is 0.929. The Morgan fingerprint density at radius 1 is 1.37 bits per heavy atom. The number of nitrogens with one attached hydrogen (secondary N) is 2. The molecule has 0 saturated carbocycles. The van der Waals surface area contributed by atoms with Crippen molar-refractivity contribution in [2.45, 2.75) is 62.8 Å². The third-order valence-electron chi connectivity index (χ3n) is 4.48. The van der Waals surface area contributed by atoms with Gasteiger partial charge in [0.1, 0.15) is 0 Å². The SMILES string of the molecule is CC(CCNC(=O)CC1CC2CCC(C1)N2)S(C)=O. The van der Waals surface area contributed by atoms with Gasteiger partial charge in [-0.05, 0) is 38.0 Å². The quantitative estimate of drug-likeness (QED) is 0.771. The van der Waals surface area contributed by atoms with E-state index in [1.54, 1.807) is 6.26 Å². The second-order valence-electron chi connectivity index (χ2n) is 6.13. The van der Waals surface area contributed by atoms with Crippen molar-refractivity contribution in [2.24, 2.45) is 5.92 Å². The van der Waals surface area contributed by atoms with Crippen molar-refractivity contribution in [2.75, 3.05) is 12.8 Å². The van der Waals surface area contributed by atoms with Crippen molar-refractivity contribution in [1.82, 2.24) is 10.6 Å². The summed E-state index contributed by atoms with van der Waals surface area (Å²) in [4.78, 5) is 11.9. The van der Waals surface area contributed by atoms with E-state index in [0.29, 0.717) is 31.0 Å². The van der Waals surface area contributed by atoms with Crippen molar-refractivity contribution in [3.63, 3.8) is 0 Å². The van der Waals surface area contributed by atoms with Crippen LogP contribution in [-0.4, -0.2) is 40.3 Å². The van der Waals surface area contributed by atoms with E-state index in [9.17, 15) is 9.00 Å². The van der Waals surface area contributed by atoms with Gasteiger partial charge in [0.15, 0.2) is 0 Å². The summed E-state index contributed by atoms with van der Waals surface area (Å²) in [5, 5.41) is 6.73. The lowest BCUT2D eigenvalue weighted by molar-refractivity contribution is -0.122. The molecule has 2 fully saturated rings. The Labute approximate surface area is 118 Å². The van der Waals surface area contributed by atoms with Crippen molar-refractivity contribution in [3.8, 4) is 0 Å². The number of piperidine rings is 1. The van der Waals surface area contributed by atoms with Crippen molar-refractivity contribution >= 4 is 16.7 Å². The predicted octanol–water partition coefficient (Wildman–Crippen LogP) is 1.18. The lowest BCUT2D eigenvalue weighted by Crippen LogP contribution is -2.40. The van der Waals surface area contributed by atoms with Crippen LogP contribution < -0.4 is 10.6 Å². The molecule has 5 heteroatoms. The number of fused-ring (bicyclic) bond motifs is 2. The average molecular weight is 286 g/mol. The molecule has 2 heterocycles. The van der Waals surface area contributed by atoms with E-state index < -0.39 is 10.8 Å². The van der Waals surface area contributed by atoms with Gasteiger partial charge in [-0.15, -0.1) is 0 Å². The highest BCUT2D eigenvalue weighted by molar-refractivity contribution is 7.84. The van der Waals surface area contributed by atoms with Crippen LogP contribution in [0.15, 0.2) is 0 Å². The Hall–Kier alpha value is -0.420. The maximum absolute atomic E-state index is 11.9. The molecule has 19 heavy (non-hydrogen) atoms. The van der Waals surface area contributed by atoms with Crippen LogP contribution in [0.3, 0.4) is 0 Å². The third-order valence-corrected chi connectivity index (χ3v) is 5.85. The second kappa shape index (κ2) is 6.84. The molecule has 2 aliphatic heterocycles. The van der Waals surface area contributed by atoms with Crippen LogP contribution in [0.2, 0.25) is 0 Å². The third kappa shape index (κ3) is 4.56. The molecule has 4 nitrogen and oxygen atoms in total. The van der Waals surface area contributed by atoms with Gasteiger partial charge < -0.3 is 10.6 Å². The summed E-state index contributed by atoms with van der Waals surface area (Å²) < 4.78 is 11.2. The number of carbonyl (C=O) groups is 1. The lowest BCUT2D eigenvalue weighted by Gasteiger charge is -2.28. The van der Waals surface area contributed by atoms with Gasteiger partial charge >= 0.3 is 0 Å². The topological polar surface area (TPSA) is 58.2 Å². The first kappa shape index (κ1) is 15.0. The van der Waals surface area contributed by atoms with E-state index >= 15 is 0 Å². The minimum Gasteiger partial charge on any atom is -0.356 e. The van der Waals surface area contributed by atoms with Crippen molar-refractivity contribution in [1.29, 1.82) is 0 Å². The van der Waals surface area contributed by atoms with Crippen LogP contribution in [0, 0.1) is 5.92 Å². The van der Waals surface area contributed by atoms with Crippen molar-refractivity contribution in [3.05, 3.63) is 0 Å². The molecule has 110 valence electrons. The molecule has 0 radical (unpaired) electrons. The molecule has 2 aliphatic rings. The van der Waals surface area contributed by atoms with E-state index in [1.807, 2.05) is 6.92 Å². The van der Waals surface area contributed by atoms with E-state index in [4.69, 9.17) is 0 Å². The minimum atomic E-state index is -0.792. The Kier molecular flexibility index (Phi) is 5.39. The van der Waals surface area contributed by atoms with E-state index in [-0.39, 0.29) is 11.2 Å². The van der Waals surface area contributed by atoms with Gasteiger partial charge in [-0.25, -0.2) is 0 Å². The molecular formula is C14H26N2O2S. The smallest absolute Gasteiger partial charge is 0.220 e.